The molecule has 0 aromatic heterocycles. The van der Waals surface area contributed by atoms with Crippen molar-refractivity contribution in [3.8, 4) is 5.75 Å². The van der Waals surface area contributed by atoms with Gasteiger partial charge in [0.2, 0.25) is 0 Å². The van der Waals surface area contributed by atoms with E-state index in [1.807, 2.05) is 13.8 Å². The molecule has 0 aliphatic rings. The van der Waals surface area contributed by atoms with Gasteiger partial charge in [0.05, 0.1) is 13.7 Å². The average Bonchev–Trinajstić information content (AvgIpc) is 2.71. The maximum Gasteiger partial charge on any atom is 0.341 e. The fourth-order valence-corrected chi connectivity index (χ4v) is 2.69. The van der Waals surface area contributed by atoms with Crippen molar-refractivity contribution in [3.63, 3.8) is 0 Å². The maximum atomic E-state index is 12.9. The van der Waals surface area contributed by atoms with E-state index in [1.165, 1.54) is 7.11 Å². The van der Waals surface area contributed by atoms with E-state index in [4.69, 9.17) is 14.2 Å². The van der Waals surface area contributed by atoms with Crippen molar-refractivity contribution in [2.45, 2.75) is 71.8 Å². The van der Waals surface area contributed by atoms with E-state index in [1.54, 1.807) is 18.2 Å². The van der Waals surface area contributed by atoms with E-state index in [-0.39, 0.29) is 5.91 Å². The SMILES string of the molecule is CCCCOc1ccc(NC(=O)[C@@](C)(CCCC)OCCC)cc1C(=O)OC. The van der Waals surface area contributed by atoms with E-state index in [0.717, 1.165) is 32.1 Å². The van der Waals surface area contributed by atoms with Crippen LogP contribution in [0.3, 0.4) is 0 Å². The summed E-state index contributed by atoms with van der Waals surface area (Å²) in [5.74, 6) is -0.266. The molecule has 0 bridgehead atoms. The summed E-state index contributed by atoms with van der Waals surface area (Å²) in [6, 6.07) is 5.00. The lowest BCUT2D eigenvalue weighted by molar-refractivity contribution is -0.140. The van der Waals surface area contributed by atoms with E-state index in [9.17, 15) is 9.59 Å². The number of ether oxygens (including phenoxy) is 3. The van der Waals surface area contributed by atoms with Gasteiger partial charge in [0.25, 0.3) is 5.91 Å². The zero-order valence-electron chi connectivity index (χ0n) is 17.9. The normalized spacial score (nSPS) is 12.9. The highest BCUT2D eigenvalue weighted by molar-refractivity contribution is 5.99. The molecule has 0 saturated heterocycles. The predicted octanol–water partition coefficient (Wildman–Crippen LogP) is 4.97. The Kier molecular flexibility index (Phi) is 10.6. The van der Waals surface area contributed by atoms with E-state index in [0.29, 0.717) is 36.6 Å². The standard InChI is InChI=1S/C22H35NO5/c1-6-9-13-22(4,28-14-8-3)21(25)23-17-11-12-19(27-15-10-7-2)18(16-17)20(24)26-5/h11-12,16H,6-10,13-15H2,1-5H3,(H,23,25)/t22-/m1/s1. The Morgan fingerprint density at radius 3 is 2.36 bits per heavy atom. The molecule has 0 aliphatic carbocycles. The van der Waals surface area contributed by atoms with Gasteiger partial charge in [0.15, 0.2) is 0 Å². The minimum atomic E-state index is -0.909. The minimum Gasteiger partial charge on any atom is -0.493 e. The van der Waals surface area contributed by atoms with Gasteiger partial charge in [0, 0.05) is 12.3 Å². The number of hydrogen-bond acceptors (Lipinski definition) is 5. The lowest BCUT2D eigenvalue weighted by atomic mass is 9.97. The van der Waals surface area contributed by atoms with Crippen molar-refractivity contribution in [1.29, 1.82) is 0 Å². The van der Waals surface area contributed by atoms with Crippen LogP contribution in [0.25, 0.3) is 0 Å². The highest BCUT2D eigenvalue weighted by Crippen LogP contribution is 2.26. The second kappa shape index (κ2) is 12.4. The van der Waals surface area contributed by atoms with Crippen molar-refractivity contribution in [3.05, 3.63) is 23.8 Å². The van der Waals surface area contributed by atoms with E-state index in [2.05, 4.69) is 19.2 Å². The van der Waals surface area contributed by atoms with Crippen molar-refractivity contribution in [1.82, 2.24) is 0 Å². The van der Waals surface area contributed by atoms with Gasteiger partial charge in [0.1, 0.15) is 16.9 Å². The molecule has 1 aromatic carbocycles. The minimum absolute atomic E-state index is 0.218. The highest BCUT2D eigenvalue weighted by Gasteiger charge is 2.33. The number of esters is 1. The van der Waals surface area contributed by atoms with E-state index < -0.39 is 11.6 Å². The van der Waals surface area contributed by atoms with Crippen molar-refractivity contribution >= 4 is 17.6 Å². The molecule has 1 N–H and O–H groups in total. The van der Waals surface area contributed by atoms with Crippen LogP contribution in [0.5, 0.6) is 5.75 Å². The number of rotatable bonds is 13. The molecule has 1 atom stereocenters. The summed E-state index contributed by atoms with van der Waals surface area (Å²) >= 11 is 0. The van der Waals surface area contributed by atoms with Gasteiger partial charge in [-0.2, -0.15) is 0 Å². The summed E-state index contributed by atoms with van der Waals surface area (Å²) < 4.78 is 16.4. The molecule has 0 fully saturated rings. The Balaban J connectivity index is 3.01. The lowest BCUT2D eigenvalue weighted by Gasteiger charge is -2.28. The molecule has 1 amide bonds. The quantitative estimate of drug-likeness (QED) is 0.378. The fourth-order valence-electron chi connectivity index (χ4n) is 2.69. The number of anilines is 1. The molecule has 0 heterocycles. The zero-order chi connectivity index (χ0) is 21.0. The topological polar surface area (TPSA) is 73.9 Å². The second-order valence-corrected chi connectivity index (χ2v) is 7.04. The van der Waals surface area contributed by atoms with Crippen molar-refractivity contribution in [2.75, 3.05) is 25.6 Å². The largest absolute Gasteiger partial charge is 0.493 e. The molecule has 0 saturated carbocycles. The summed E-state index contributed by atoms with van der Waals surface area (Å²) in [6.07, 6.45) is 5.24. The molecular formula is C22H35NO5. The van der Waals surface area contributed by atoms with Crippen LogP contribution < -0.4 is 10.1 Å². The van der Waals surface area contributed by atoms with Crippen molar-refractivity contribution in [2.24, 2.45) is 0 Å². The van der Waals surface area contributed by atoms with Crippen LogP contribution in [0, 0.1) is 0 Å². The molecule has 158 valence electrons. The van der Waals surface area contributed by atoms with Crippen LogP contribution in [0.1, 0.15) is 76.6 Å². The summed E-state index contributed by atoms with van der Waals surface area (Å²) in [6.45, 7) is 9.02. The first-order valence-electron chi connectivity index (χ1n) is 10.2. The van der Waals surface area contributed by atoms with Crippen LogP contribution in [0.2, 0.25) is 0 Å². The first-order chi connectivity index (χ1) is 13.4. The number of hydrogen-bond donors (Lipinski definition) is 1. The van der Waals surface area contributed by atoms with Crippen LogP contribution in [-0.2, 0) is 14.3 Å². The predicted molar refractivity (Wildman–Crippen MR) is 111 cm³/mol. The first-order valence-corrected chi connectivity index (χ1v) is 10.2. The van der Waals surface area contributed by atoms with E-state index >= 15 is 0 Å². The number of benzene rings is 1. The van der Waals surface area contributed by atoms with Gasteiger partial charge in [-0.15, -0.1) is 0 Å². The zero-order valence-corrected chi connectivity index (χ0v) is 17.9. The number of unbranched alkanes of at least 4 members (excludes halogenated alkanes) is 2. The second-order valence-electron chi connectivity index (χ2n) is 7.04. The summed E-state index contributed by atoms with van der Waals surface area (Å²) in [5.41, 5.74) is -0.106. The number of carbonyl (C=O) groups excluding carboxylic acids is 2. The monoisotopic (exact) mass is 393 g/mol. The maximum absolute atomic E-state index is 12.9. The molecule has 0 radical (unpaired) electrons. The van der Waals surface area contributed by atoms with Crippen LogP contribution in [0.15, 0.2) is 18.2 Å². The van der Waals surface area contributed by atoms with Gasteiger partial charge in [-0.05, 0) is 44.4 Å². The summed E-state index contributed by atoms with van der Waals surface area (Å²) in [7, 11) is 1.32. The van der Waals surface area contributed by atoms with Gasteiger partial charge in [-0.3, -0.25) is 4.79 Å². The third-order valence-corrected chi connectivity index (χ3v) is 4.51. The molecule has 1 rings (SSSR count). The average molecular weight is 394 g/mol. The van der Waals surface area contributed by atoms with Gasteiger partial charge >= 0.3 is 5.97 Å². The molecular weight excluding hydrogens is 358 g/mol. The Morgan fingerprint density at radius 1 is 1.04 bits per heavy atom. The summed E-state index contributed by atoms with van der Waals surface area (Å²) in [4.78, 5) is 25.1. The Hall–Kier alpha value is -2.08. The molecule has 0 unspecified atom stereocenters. The van der Waals surface area contributed by atoms with Crippen LogP contribution in [0.4, 0.5) is 5.69 Å². The lowest BCUT2D eigenvalue weighted by Crippen LogP contribution is -2.43. The van der Waals surface area contributed by atoms with Crippen molar-refractivity contribution < 1.29 is 23.8 Å². The molecule has 0 aliphatic heterocycles. The summed E-state index contributed by atoms with van der Waals surface area (Å²) in [5, 5.41) is 2.89. The third-order valence-electron chi connectivity index (χ3n) is 4.51. The number of nitrogens with one attached hydrogen (secondary N) is 1. The smallest absolute Gasteiger partial charge is 0.341 e. The van der Waals surface area contributed by atoms with Gasteiger partial charge in [-0.25, -0.2) is 4.79 Å². The molecule has 6 nitrogen and oxygen atoms in total. The Labute approximate surface area is 168 Å². The highest BCUT2D eigenvalue weighted by atomic mass is 16.5. The number of methoxy groups -OCH3 is 1. The molecule has 6 heteroatoms. The molecule has 28 heavy (non-hydrogen) atoms. The van der Waals surface area contributed by atoms with Gasteiger partial charge < -0.3 is 19.5 Å². The van der Waals surface area contributed by atoms with Gasteiger partial charge in [-0.1, -0.05) is 40.0 Å². The first kappa shape index (κ1) is 24.0. The van der Waals surface area contributed by atoms with Crippen LogP contribution >= 0.6 is 0 Å². The molecule has 1 aromatic rings. The molecule has 0 spiro atoms. The number of amides is 1. The number of carbonyl (C=O) groups is 2. The Bertz CT molecular complexity index is 621. The Morgan fingerprint density at radius 2 is 1.75 bits per heavy atom. The van der Waals surface area contributed by atoms with Crippen LogP contribution in [-0.4, -0.2) is 37.8 Å². The third kappa shape index (κ3) is 7.15. The fraction of sp³-hybridized carbons (Fsp3) is 0.636.